The number of anilines is 1. The monoisotopic (exact) mass is 251 g/mol. The minimum Gasteiger partial charge on any atom is -0.371 e. The number of primary amides is 1. The number of rotatable bonds is 3. The average molecular weight is 251 g/mol. The van der Waals surface area contributed by atoms with Crippen molar-refractivity contribution in [1.29, 1.82) is 0 Å². The Morgan fingerprint density at radius 1 is 1.39 bits per heavy atom. The number of amides is 1. The van der Waals surface area contributed by atoms with Gasteiger partial charge in [-0.05, 0) is 37.4 Å². The zero-order chi connectivity index (χ0) is 13.1. The number of carbonyl (C=O) groups excluding carboxylic acids is 1. The third kappa shape index (κ3) is 2.46. The lowest BCUT2D eigenvalue weighted by Gasteiger charge is -2.34. The van der Waals surface area contributed by atoms with Crippen molar-refractivity contribution in [2.45, 2.75) is 12.8 Å². The molecule has 4 N–H and O–H groups in total. The summed E-state index contributed by atoms with van der Waals surface area (Å²) in [4.78, 5) is 13.4. The summed E-state index contributed by atoms with van der Waals surface area (Å²) in [5.41, 5.74) is 11.5. The second kappa shape index (κ2) is 5.35. The Bertz CT molecular complexity index is 442. The van der Waals surface area contributed by atoms with Gasteiger partial charge in [0.2, 0.25) is 0 Å². The van der Waals surface area contributed by atoms with Gasteiger partial charge in [-0.2, -0.15) is 0 Å². The number of nitrogens with two attached hydrogens (primary N) is 2. The summed E-state index contributed by atoms with van der Waals surface area (Å²) in [6.45, 7) is 2.25. The van der Waals surface area contributed by atoms with Crippen LogP contribution in [0.2, 0.25) is 0 Å². The summed E-state index contributed by atoms with van der Waals surface area (Å²) >= 11 is 0. The van der Waals surface area contributed by atoms with E-state index in [0.717, 1.165) is 25.9 Å². The maximum absolute atomic E-state index is 13.7. The van der Waals surface area contributed by atoms with Crippen molar-refractivity contribution in [2.75, 3.05) is 24.5 Å². The molecule has 98 valence electrons. The zero-order valence-corrected chi connectivity index (χ0v) is 10.2. The van der Waals surface area contributed by atoms with E-state index in [1.165, 1.54) is 6.07 Å². The first-order valence-corrected chi connectivity index (χ1v) is 6.16. The van der Waals surface area contributed by atoms with Crippen molar-refractivity contribution < 1.29 is 9.18 Å². The van der Waals surface area contributed by atoms with Crippen molar-refractivity contribution >= 4 is 11.6 Å². The van der Waals surface area contributed by atoms with Crippen LogP contribution in [0.4, 0.5) is 10.1 Å². The van der Waals surface area contributed by atoms with E-state index >= 15 is 0 Å². The maximum Gasteiger partial charge on any atom is 0.253 e. The summed E-state index contributed by atoms with van der Waals surface area (Å²) < 4.78 is 13.7. The van der Waals surface area contributed by atoms with Crippen molar-refractivity contribution in [2.24, 2.45) is 17.4 Å². The third-order valence-corrected chi connectivity index (χ3v) is 3.53. The van der Waals surface area contributed by atoms with Crippen LogP contribution < -0.4 is 16.4 Å². The topological polar surface area (TPSA) is 72.3 Å². The van der Waals surface area contributed by atoms with Gasteiger partial charge >= 0.3 is 0 Å². The van der Waals surface area contributed by atoms with E-state index in [9.17, 15) is 9.18 Å². The number of nitrogens with zero attached hydrogens (tertiary/aromatic N) is 1. The Kier molecular flexibility index (Phi) is 3.81. The van der Waals surface area contributed by atoms with E-state index in [0.29, 0.717) is 18.2 Å². The van der Waals surface area contributed by atoms with E-state index in [-0.39, 0.29) is 5.56 Å². The number of hydrogen-bond acceptors (Lipinski definition) is 3. The van der Waals surface area contributed by atoms with Crippen molar-refractivity contribution in [3.05, 3.63) is 29.6 Å². The highest BCUT2D eigenvalue weighted by Gasteiger charge is 2.23. The van der Waals surface area contributed by atoms with Crippen LogP contribution in [0.25, 0.3) is 0 Å². The summed E-state index contributed by atoms with van der Waals surface area (Å²) in [6, 6.07) is 4.61. The molecule has 5 heteroatoms. The SMILES string of the molecule is NCC1CCN(c2cccc(F)c2C(N)=O)CC1. The molecule has 0 aromatic heterocycles. The largest absolute Gasteiger partial charge is 0.371 e. The van der Waals surface area contributed by atoms with Gasteiger partial charge in [0.25, 0.3) is 5.91 Å². The molecule has 1 aromatic rings. The van der Waals surface area contributed by atoms with Crippen LogP contribution in [-0.2, 0) is 0 Å². The molecular weight excluding hydrogens is 233 g/mol. The van der Waals surface area contributed by atoms with Crippen LogP contribution in [0, 0.1) is 11.7 Å². The van der Waals surface area contributed by atoms with Crippen molar-refractivity contribution in [3.63, 3.8) is 0 Å². The van der Waals surface area contributed by atoms with Gasteiger partial charge in [-0.25, -0.2) is 4.39 Å². The second-order valence-electron chi connectivity index (χ2n) is 4.66. The predicted molar refractivity (Wildman–Crippen MR) is 68.9 cm³/mol. The van der Waals surface area contributed by atoms with Crippen molar-refractivity contribution in [1.82, 2.24) is 0 Å². The van der Waals surface area contributed by atoms with Crippen LogP contribution in [0.1, 0.15) is 23.2 Å². The van der Waals surface area contributed by atoms with Gasteiger partial charge < -0.3 is 16.4 Å². The minimum atomic E-state index is -0.718. The number of carbonyl (C=O) groups is 1. The molecule has 0 unspecified atom stereocenters. The smallest absolute Gasteiger partial charge is 0.253 e. The van der Waals surface area contributed by atoms with Crippen LogP contribution in [0.15, 0.2) is 18.2 Å². The fraction of sp³-hybridized carbons (Fsp3) is 0.462. The van der Waals surface area contributed by atoms with Gasteiger partial charge in [-0.15, -0.1) is 0 Å². The molecule has 0 saturated carbocycles. The summed E-state index contributed by atoms with van der Waals surface area (Å²) in [6.07, 6.45) is 1.93. The number of benzene rings is 1. The highest BCUT2D eigenvalue weighted by molar-refractivity contribution is 5.99. The van der Waals surface area contributed by atoms with Gasteiger partial charge in [0, 0.05) is 13.1 Å². The van der Waals surface area contributed by atoms with E-state index in [4.69, 9.17) is 11.5 Å². The molecule has 1 fully saturated rings. The van der Waals surface area contributed by atoms with Gasteiger partial charge in [0.15, 0.2) is 0 Å². The first kappa shape index (κ1) is 12.8. The molecule has 1 aliphatic heterocycles. The Hall–Kier alpha value is -1.62. The lowest BCUT2D eigenvalue weighted by atomic mass is 9.96. The van der Waals surface area contributed by atoms with E-state index in [1.807, 2.05) is 4.90 Å². The molecule has 1 heterocycles. The highest BCUT2D eigenvalue weighted by atomic mass is 19.1. The first-order chi connectivity index (χ1) is 8.63. The van der Waals surface area contributed by atoms with Crippen molar-refractivity contribution in [3.8, 4) is 0 Å². The molecule has 0 atom stereocenters. The van der Waals surface area contributed by atoms with Crippen LogP contribution in [-0.4, -0.2) is 25.5 Å². The Morgan fingerprint density at radius 3 is 2.61 bits per heavy atom. The summed E-state index contributed by atoms with van der Waals surface area (Å²) in [7, 11) is 0. The minimum absolute atomic E-state index is 0.0105. The number of hydrogen-bond donors (Lipinski definition) is 2. The zero-order valence-electron chi connectivity index (χ0n) is 10.2. The fourth-order valence-electron chi connectivity index (χ4n) is 2.43. The van der Waals surface area contributed by atoms with E-state index in [1.54, 1.807) is 12.1 Å². The molecule has 1 aromatic carbocycles. The number of halogens is 1. The average Bonchev–Trinajstić information content (AvgIpc) is 2.38. The second-order valence-corrected chi connectivity index (χ2v) is 4.66. The van der Waals surface area contributed by atoms with E-state index < -0.39 is 11.7 Å². The van der Waals surface area contributed by atoms with Gasteiger partial charge in [0.05, 0.1) is 11.3 Å². The normalized spacial score (nSPS) is 16.9. The summed E-state index contributed by atoms with van der Waals surface area (Å²) in [5.74, 6) is -0.753. The Labute approximate surface area is 106 Å². The third-order valence-electron chi connectivity index (χ3n) is 3.53. The summed E-state index contributed by atoms with van der Waals surface area (Å²) in [5, 5.41) is 0. The molecule has 4 nitrogen and oxygen atoms in total. The predicted octanol–water partition coefficient (Wildman–Crippen LogP) is 1.10. The van der Waals surface area contributed by atoms with Gasteiger partial charge in [-0.3, -0.25) is 4.79 Å². The van der Waals surface area contributed by atoms with Gasteiger partial charge in [-0.1, -0.05) is 6.07 Å². The maximum atomic E-state index is 13.7. The number of piperidine rings is 1. The quantitative estimate of drug-likeness (QED) is 0.845. The molecule has 0 aliphatic carbocycles. The molecule has 1 aliphatic rings. The molecule has 0 bridgehead atoms. The highest BCUT2D eigenvalue weighted by Crippen LogP contribution is 2.27. The molecule has 0 radical (unpaired) electrons. The lowest BCUT2D eigenvalue weighted by Crippen LogP contribution is -2.37. The van der Waals surface area contributed by atoms with Crippen LogP contribution >= 0.6 is 0 Å². The molecule has 0 spiro atoms. The van der Waals surface area contributed by atoms with Gasteiger partial charge in [0.1, 0.15) is 5.82 Å². The molecule has 18 heavy (non-hydrogen) atoms. The fourth-order valence-corrected chi connectivity index (χ4v) is 2.43. The van der Waals surface area contributed by atoms with E-state index in [2.05, 4.69) is 0 Å². The molecule has 2 rings (SSSR count). The Balaban J connectivity index is 2.24. The van der Waals surface area contributed by atoms with Crippen LogP contribution in [0.3, 0.4) is 0 Å². The molecule has 1 amide bonds. The van der Waals surface area contributed by atoms with Crippen LogP contribution in [0.5, 0.6) is 0 Å². The molecule has 1 saturated heterocycles. The Morgan fingerprint density at radius 2 is 2.06 bits per heavy atom. The molecular formula is C13H18FN3O. The lowest BCUT2D eigenvalue weighted by molar-refractivity contribution is 0.0997. The standard InChI is InChI=1S/C13H18FN3O/c14-10-2-1-3-11(12(10)13(16)18)17-6-4-9(8-15)5-7-17/h1-3,9H,4-8,15H2,(H2,16,18). The first-order valence-electron chi connectivity index (χ1n) is 6.16.